The van der Waals surface area contributed by atoms with Crippen LogP contribution in [0.2, 0.25) is 0 Å². The molecular weight excluding hydrogens is 462 g/mol. The van der Waals surface area contributed by atoms with Gasteiger partial charge in [0.1, 0.15) is 6.54 Å². The number of hydrogen-bond donors (Lipinski definition) is 1. The molecule has 1 fully saturated rings. The summed E-state index contributed by atoms with van der Waals surface area (Å²) in [6.45, 7) is -0.0631. The Bertz CT molecular complexity index is 1560. The molecule has 6 rings (SSSR count). The van der Waals surface area contributed by atoms with Gasteiger partial charge in [-0.25, -0.2) is 14.3 Å². The van der Waals surface area contributed by atoms with Gasteiger partial charge in [0.05, 0.1) is 12.9 Å². The first kappa shape index (κ1) is 22.1. The lowest BCUT2D eigenvalue weighted by Crippen LogP contribution is -2.43. The van der Waals surface area contributed by atoms with Crippen LogP contribution < -0.4 is 26.0 Å². The highest BCUT2D eigenvalue weighted by atomic mass is 16.7. The van der Waals surface area contributed by atoms with Gasteiger partial charge in [0.25, 0.3) is 5.56 Å². The fraction of sp³-hybridized carbons (Fsp3) is 0.308. The lowest BCUT2D eigenvalue weighted by atomic mass is 10.2. The Hall–Kier alpha value is -4.34. The minimum Gasteiger partial charge on any atom is -0.454 e. The summed E-state index contributed by atoms with van der Waals surface area (Å²) in [4.78, 5) is 44.6. The van der Waals surface area contributed by atoms with Crippen LogP contribution in [-0.4, -0.2) is 31.4 Å². The number of nitrogens with zero attached hydrogens (tertiary/aromatic N) is 4. The molecule has 1 N–H and O–H groups in total. The molecule has 2 aliphatic rings. The average Bonchev–Trinajstić information content (AvgIpc) is 3.65. The molecule has 0 atom stereocenters. The van der Waals surface area contributed by atoms with Crippen molar-refractivity contribution in [1.82, 2.24) is 18.7 Å². The second-order valence-electron chi connectivity index (χ2n) is 9.12. The van der Waals surface area contributed by atoms with Crippen LogP contribution in [0.3, 0.4) is 0 Å². The number of aromatic nitrogens is 4. The van der Waals surface area contributed by atoms with Crippen molar-refractivity contribution in [3.8, 4) is 11.5 Å². The summed E-state index contributed by atoms with van der Waals surface area (Å²) in [5.41, 5.74) is 0.991. The van der Waals surface area contributed by atoms with Crippen molar-refractivity contribution < 1.29 is 14.3 Å². The number of ether oxygens (including phenoxy) is 2. The van der Waals surface area contributed by atoms with Gasteiger partial charge in [-0.2, -0.15) is 0 Å². The topological polar surface area (TPSA) is 109 Å². The van der Waals surface area contributed by atoms with Crippen LogP contribution in [0.25, 0.3) is 11.2 Å². The van der Waals surface area contributed by atoms with E-state index in [0.717, 1.165) is 35.8 Å². The first-order valence-corrected chi connectivity index (χ1v) is 12.0. The lowest BCUT2D eigenvalue weighted by Gasteiger charge is -2.15. The van der Waals surface area contributed by atoms with Crippen LogP contribution in [-0.2, 0) is 17.9 Å². The van der Waals surface area contributed by atoms with E-state index < -0.39 is 23.7 Å². The van der Waals surface area contributed by atoms with Gasteiger partial charge in [-0.15, -0.1) is 0 Å². The summed E-state index contributed by atoms with van der Waals surface area (Å²) in [5, 5.41) is 2.75. The Balaban J connectivity index is 1.40. The second kappa shape index (κ2) is 9.03. The standard InChI is InChI=1S/C26H25N5O5/c32-22(28-18-10-11-20-21(12-18)36-16-35-20)14-30-25(33)23-24(27-15-31(23)19-8-4-5-9-19)29(26(30)34)13-17-6-2-1-3-7-17/h1-3,6-7,10-12,15,19H,4-5,8-9,13-14,16H2,(H,28,32). The highest BCUT2D eigenvalue weighted by Crippen LogP contribution is 2.34. The summed E-state index contributed by atoms with van der Waals surface area (Å²) in [7, 11) is 0. The van der Waals surface area contributed by atoms with E-state index in [4.69, 9.17) is 9.47 Å². The van der Waals surface area contributed by atoms with Gasteiger partial charge in [0, 0.05) is 17.8 Å². The van der Waals surface area contributed by atoms with Gasteiger partial charge >= 0.3 is 5.69 Å². The number of imidazole rings is 1. The predicted octanol–water partition coefficient (Wildman–Crippen LogP) is 2.89. The second-order valence-corrected chi connectivity index (χ2v) is 9.12. The van der Waals surface area contributed by atoms with Gasteiger partial charge in [0.2, 0.25) is 12.7 Å². The van der Waals surface area contributed by atoms with Gasteiger partial charge in [-0.05, 0) is 30.5 Å². The minimum atomic E-state index is -0.575. The Morgan fingerprint density at radius 3 is 2.58 bits per heavy atom. The van der Waals surface area contributed by atoms with Crippen molar-refractivity contribution in [2.75, 3.05) is 12.1 Å². The molecule has 36 heavy (non-hydrogen) atoms. The van der Waals surface area contributed by atoms with E-state index in [1.165, 1.54) is 4.57 Å². The van der Waals surface area contributed by atoms with Crippen molar-refractivity contribution in [3.63, 3.8) is 0 Å². The number of rotatable bonds is 6. The number of fused-ring (bicyclic) bond motifs is 2. The number of carbonyl (C=O) groups excluding carboxylic acids is 1. The van der Waals surface area contributed by atoms with Crippen LogP contribution in [0.4, 0.5) is 5.69 Å². The first-order valence-electron chi connectivity index (χ1n) is 12.0. The number of anilines is 1. The maximum atomic E-state index is 13.6. The summed E-state index contributed by atoms with van der Waals surface area (Å²) in [5.74, 6) is 0.626. The van der Waals surface area contributed by atoms with E-state index in [-0.39, 0.29) is 19.4 Å². The molecule has 1 aliphatic carbocycles. The first-order chi connectivity index (χ1) is 17.6. The zero-order valence-electron chi connectivity index (χ0n) is 19.6. The Morgan fingerprint density at radius 1 is 1.00 bits per heavy atom. The molecule has 10 nitrogen and oxygen atoms in total. The zero-order valence-corrected chi connectivity index (χ0v) is 19.6. The van der Waals surface area contributed by atoms with Crippen LogP contribution in [0, 0.1) is 0 Å². The minimum absolute atomic E-state index is 0.123. The van der Waals surface area contributed by atoms with E-state index >= 15 is 0 Å². The number of benzene rings is 2. The summed E-state index contributed by atoms with van der Waals surface area (Å²) >= 11 is 0. The normalized spacial score (nSPS) is 15.0. The number of hydrogen-bond acceptors (Lipinski definition) is 6. The van der Waals surface area contributed by atoms with Crippen molar-refractivity contribution >= 4 is 22.8 Å². The summed E-state index contributed by atoms with van der Waals surface area (Å²) in [6.07, 6.45) is 5.72. The molecular formula is C26H25N5O5. The third kappa shape index (κ3) is 3.94. The van der Waals surface area contributed by atoms with Crippen LogP contribution >= 0.6 is 0 Å². The summed E-state index contributed by atoms with van der Waals surface area (Å²) in [6, 6.07) is 14.7. The Kier molecular flexibility index (Phi) is 5.55. The molecule has 4 aromatic rings. The molecule has 0 spiro atoms. The molecule has 10 heteroatoms. The summed E-state index contributed by atoms with van der Waals surface area (Å²) < 4.78 is 15.0. The molecule has 2 aromatic heterocycles. The molecule has 0 saturated heterocycles. The fourth-order valence-electron chi connectivity index (χ4n) is 5.03. The van der Waals surface area contributed by atoms with Gasteiger partial charge < -0.3 is 19.4 Å². The molecule has 0 radical (unpaired) electrons. The van der Waals surface area contributed by atoms with Gasteiger partial charge in [-0.1, -0.05) is 43.2 Å². The van der Waals surface area contributed by atoms with E-state index in [1.54, 1.807) is 24.5 Å². The van der Waals surface area contributed by atoms with Crippen molar-refractivity contribution in [3.05, 3.63) is 81.3 Å². The smallest absolute Gasteiger partial charge is 0.333 e. The molecule has 0 unspecified atom stereocenters. The quantitative estimate of drug-likeness (QED) is 0.448. The van der Waals surface area contributed by atoms with Crippen molar-refractivity contribution in [2.24, 2.45) is 0 Å². The number of carbonyl (C=O) groups is 1. The molecule has 1 aliphatic heterocycles. The molecule has 3 heterocycles. The number of nitrogens with one attached hydrogen (secondary N) is 1. The van der Waals surface area contributed by atoms with E-state index in [9.17, 15) is 14.4 Å². The van der Waals surface area contributed by atoms with Crippen LogP contribution in [0.1, 0.15) is 37.3 Å². The van der Waals surface area contributed by atoms with Gasteiger partial charge in [-0.3, -0.25) is 14.2 Å². The van der Waals surface area contributed by atoms with Crippen LogP contribution in [0.5, 0.6) is 11.5 Å². The van der Waals surface area contributed by atoms with E-state index in [1.807, 2.05) is 34.9 Å². The van der Waals surface area contributed by atoms with Crippen LogP contribution in [0.15, 0.2) is 64.4 Å². The monoisotopic (exact) mass is 487 g/mol. The van der Waals surface area contributed by atoms with E-state index in [2.05, 4.69) is 10.3 Å². The molecule has 184 valence electrons. The van der Waals surface area contributed by atoms with Crippen molar-refractivity contribution in [2.45, 2.75) is 44.8 Å². The van der Waals surface area contributed by atoms with E-state index in [0.29, 0.717) is 28.4 Å². The Morgan fingerprint density at radius 2 is 1.78 bits per heavy atom. The maximum absolute atomic E-state index is 13.6. The SMILES string of the molecule is O=C(Cn1c(=O)c2c(ncn2C2CCCC2)n(Cc2ccccc2)c1=O)Nc1ccc2c(c1)OCO2. The molecule has 1 saturated carbocycles. The molecule has 2 aromatic carbocycles. The molecule has 1 amide bonds. The lowest BCUT2D eigenvalue weighted by molar-refractivity contribution is -0.116. The Labute approximate surface area is 205 Å². The highest BCUT2D eigenvalue weighted by molar-refractivity contribution is 5.91. The largest absolute Gasteiger partial charge is 0.454 e. The number of amides is 1. The third-order valence-corrected chi connectivity index (χ3v) is 6.80. The third-order valence-electron chi connectivity index (χ3n) is 6.80. The fourth-order valence-corrected chi connectivity index (χ4v) is 5.03. The average molecular weight is 488 g/mol. The zero-order chi connectivity index (χ0) is 24.6. The predicted molar refractivity (Wildman–Crippen MR) is 132 cm³/mol. The van der Waals surface area contributed by atoms with Crippen molar-refractivity contribution in [1.29, 1.82) is 0 Å². The molecule has 0 bridgehead atoms. The maximum Gasteiger partial charge on any atom is 0.333 e. The highest BCUT2D eigenvalue weighted by Gasteiger charge is 2.25. The van der Waals surface area contributed by atoms with Gasteiger partial charge in [0.15, 0.2) is 22.7 Å².